The second-order valence-electron chi connectivity index (χ2n) is 5.54. The van der Waals surface area contributed by atoms with Crippen molar-refractivity contribution in [2.24, 2.45) is 0 Å². The van der Waals surface area contributed by atoms with E-state index >= 15 is 0 Å². The Balaban J connectivity index is 2.88. The average molecular weight is 271 g/mol. The number of unbranched alkanes of at least 4 members (excludes halogenated alkanes) is 8. The van der Waals surface area contributed by atoms with Crippen LogP contribution in [0.2, 0.25) is 0 Å². The molecule has 0 amide bonds. The molecule has 0 aromatic carbocycles. The van der Waals surface area contributed by atoms with Crippen molar-refractivity contribution >= 4 is 0 Å². The van der Waals surface area contributed by atoms with E-state index in [1.54, 1.807) is 0 Å². The van der Waals surface area contributed by atoms with Crippen LogP contribution in [0.3, 0.4) is 0 Å². The number of ether oxygens (including phenoxy) is 1. The van der Waals surface area contributed by atoms with Gasteiger partial charge in [0, 0.05) is 13.2 Å². The van der Waals surface area contributed by atoms with E-state index in [9.17, 15) is 0 Å². The molecule has 0 spiro atoms. The third-order valence-electron chi connectivity index (χ3n) is 3.49. The zero-order valence-electron chi connectivity index (χ0n) is 13.5. The van der Waals surface area contributed by atoms with Crippen LogP contribution in [-0.4, -0.2) is 26.3 Å². The third-order valence-corrected chi connectivity index (χ3v) is 3.49. The van der Waals surface area contributed by atoms with Crippen molar-refractivity contribution in [1.82, 2.24) is 5.32 Å². The molecule has 0 radical (unpaired) electrons. The van der Waals surface area contributed by atoms with E-state index in [1.165, 1.54) is 70.8 Å². The van der Waals surface area contributed by atoms with Crippen LogP contribution in [-0.2, 0) is 4.74 Å². The Hall–Kier alpha value is -0.0800. The molecule has 0 unspecified atom stereocenters. The first-order valence-electron chi connectivity index (χ1n) is 8.70. The summed E-state index contributed by atoms with van der Waals surface area (Å²) in [6.45, 7) is 8.69. The molecule has 0 atom stereocenters. The first-order valence-corrected chi connectivity index (χ1v) is 8.70. The summed E-state index contributed by atoms with van der Waals surface area (Å²) in [5.41, 5.74) is 0. The Morgan fingerprint density at radius 1 is 0.579 bits per heavy atom. The second kappa shape index (κ2) is 17.9. The molecule has 0 aromatic heterocycles. The van der Waals surface area contributed by atoms with E-state index in [4.69, 9.17) is 4.74 Å². The predicted molar refractivity (Wildman–Crippen MR) is 85.8 cm³/mol. The van der Waals surface area contributed by atoms with Gasteiger partial charge < -0.3 is 10.1 Å². The van der Waals surface area contributed by atoms with Gasteiger partial charge >= 0.3 is 0 Å². The fourth-order valence-corrected chi connectivity index (χ4v) is 2.19. The fourth-order valence-electron chi connectivity index (χ4n) is 2.19. The maximum absolute atomic E-state index is 5.65. The highest BCUT2D eigenvalue weighted by molar-refractivity contribution is 4.49. The summed E-state index contributed by atoms with van der Waals surface area (Å²) in [6, 6.07) is 0. The molecule has 0 bridgehead atoms. The van der Waals surface area contributed by atoms with Crippen molar-refractivity contribution in [2.75, 3.05) is 26.3 Å². The summed E-state index contributed by atoms with van der Waals surface area (Å²) in [6.07, 6.45) is 14.7. The van der Waals surface area contributed by atoms with E-state index in [0.717, 1.165) is 26.2 Å². The molecule has 0 aliphatic rings. The van der Waals surface area contributed by atoms with Crippen LogP contribution in [0, 0.1) is 0 Å². The molecule has 2 nitrogen and oxygen atoms in total. The van der Waals surface area contributed by atoms with Gasteiger partial charge in [-0.05, 0) is 32.4 Å². The van der Waals surface area contributed by atoms with E-state index in [2.05, 4.69) is 19.2 Å². The third kappa shape index (κ3) is 17.9. The van der Waals surface area contributed by atoms with E-state index in [0.29, 0.717) is 0 Å². The Kier molecular flexibility index (Phi) is 17.8. The number of hydrogen-bond donors (Lipinski definition) is 1. The molecule has 2 heteroatoms. The van der Waals surface area contributed by atoms with Gasteiger partial charge in [-0.15, -0.1) is 0 Å². The first kappa shape index (κ1) is 18.9. The molecule has 1 N–H and O–H groups in total. The summed E-state index contributed by atoms with van der Waals surface area (Å²) in [4.78, 5) is 0. The van der Waals surface area contributed by atoms with Crippen molar-refractivity contribution in [2.45, 2.75) is 84.5 Å². The molecule has 0 heterocycles. The highest BCUT2D eigenvalue weighted by atomic mass is 16.5. The van der Waals surface area contributed by atoms with Crippen LogP contribution in [0.25, 0.3) is 0 Å². The van der Waals surface area contributed by atoms with E-state index in [1.807, 2.05) is 0 Å². The molecule has 0 aromatic rings. The summed E-state index contributed by atoms with van der Waals surface area (Å²) >= 11 is 0. The normalized spacial score (nSPS) is 11.1. The number of nitrogens with one attached hydrogen (secondary N) is 1. The molecular formula is C17H37NO. The van der Waals surface area contributed by atoms with Gasteiger partial charge in [-0.2, -0.15) is 0 Å². The maximum atomic E-state index is 5.65. The maximum Gasteiger partial charge on any atom is 0.0478 e. The minimum atomic E-state index is 0.927. The highest BCUT2D eigenvalue weighted by Crippen LogP contribution is 2.06. The van der Waals surface area contributed by atoms with Gasteiger partial charge in [0.15, 0.2) is 0 Å². The molecule has 0 saturated heterocycles. The lowest BCUT2D eigenvalue weighted by atomic mass is 10.1. The summed E-state index contributed by atoms with van der Waals surface area (Å²) in [5, 5.41) is 3.47. The lowest BCUT2D eigenvalue weighted by Crippen LogP contribution is -2.18. The average Bonchev–Trinajstić information content (AvgIpc) is 2.43. The topological polar surface area (TPSA) is 21.3 Å². The largest absolute Gasteiger partial charge is 0.381 e. The summed E-state index contributed by atoms with van der Waals surface area (Å²) in [5.74, 6) is 0. The lowest BCUT2D eigenvalue weighted by Gasteiger charge is -2.06. The second-order valence-corrected chi connectivity index (χ2v) is 5.54. The van der Waals surface area contributed by atoms with Crippen molar-refractivity contribution in [3.8, 4) is 0 Å². The monoisotopic (exact) mass is 271 g/mol. The Morgan fingerprint density at radius 2 is 1.11 bits per heavy atom. The van der Waals surface area contributed by atoms with Crippen LogP contribution in [0.1, 0.15) is 84.5 Å². The molecule has 0 saturated carbocycles. The van der Waals surface area contributed by atoms with Gasteiger partial charge in [-0.25, -0.2) is 0 Å². The first-order chi connectivity index (χ1) is 9.41. The molecular weight excluding hydrogens is 234 g/mol. The van der Waals surface area contributed by atoms with Gasteiger partial charge in [-0.3, -0.25) is 0 Å². The Morgan fingerprint density at radius 3 is 1.84 bits per heavy atom. The van der Waals surface area contributed by atoms with Crippen molar-refractivity contribution in [3.05, 3.63) is 0 Å². The van der Waals surface area contributed by atoms with E-state index < -0.39 is 0 Å². The standard InChI is InChI=1S/C17H37NO/c1-3-5-7-8-9-10-12-16-19-17-13-15-18-14-11-6-4-2/h18H,3-17H2,1-2H3. The van der Waals surface area contributed by atoms with Gasteiger partial charge in [0.2, 0.25) is 0 Å². The van der Waals surface area contributed by atoms with Gasteiger partial charge in [0.25, 0.3) is 0 Å². The van der Waals surface area contributed by atoms with E-state index in [-0.39, 0.29) is 0 Å². The van der Waals surface area contributed by atoms with Crippen LogP contribution >= 0.6 is 0 Å². The molecule has 0 aliphatic heterocycles. The minimum Gasteiger partial charge on any atom is -0.381 e. The van der Waals surface area contributed by atoms with Crippen LogP contribution in [0.5, 0.6) is 0 Å². The van der Waals surface area contributed by atoms with Crippen LogP contribution in [0.15, 0.2) is 0 Å². The zero-order valence-corrected chi connectivity index (χ0v) is 13.5. The molecule has 116 valence electrons. The van der Waals surface area contributed by atoms with Crippen molar-refractivity contribution < 1.29 is 4.74 Å². The zero-order chi connectivity index (χ0) is 14.0. The van der Waals surface area contributed by atoms with Gasteiger partial charge in [0.1, 0.15) is 0 Å². The SMILES string of the molecule is CCCCCCCCCOCCCNCCCCC. The highest BCUT2D eigenvalue weighted by Gasteiger charge is 1.93. The molecule has 0 aliphatic carbocycles. The van der Waals surface area contributed by atoms with Crippen LogP contribution in [0.4, 0.5) is 0 Å². The number of hydrogen-bond acceptors (Lipinski definition) is 2. The molecule has 19 heavy (non-hydrogen) atoms. The lowest BCUT2D eigenvalue weighted by molar-refractivity contribution is 0.127. The van der Waals surface area contributed by atoms with Gasteiger partial charge in [-0.1, -0.05) is 65.2 Å². The predicted octanol–water partition coefficient (Wildman–Crippen LogP) is 4.92. The molecule has 0 rings (SSSR count). The molecule has 0 fully saturated rings. The number of rotatable bonds is 16. The summed E-state index contributed by atoms with van der Waals surface area (Å²) < 4.78 is 5.65. The smallest absolute Gasteiger partial charge is 0.0478 e. The fraction of sp³-hybridized carbons (Fsp3) is 1.00. The Labute approximate surface area is 121 Å². The minimum absolute atomic E-state index is 0.927. The summed E-state index contributed by atoms with van der Waals surface area (Å²) in [7, 11) is 0. The van der Waals surface area contributed by atoms with Crippen LogP contribution < -0.4 is 5.32 Å². The van der Waals surface area contributed by atoms with Gasteiger partial charge in [0.05, 0.1) is 0 Å². The Bertz CT molecular complexity index is 134. The quantitative estimate of drug-likeness (QED) is 0.402. The van der Waals surface area contributed by atoms with Crippen molar-refractivity contribution in [3.63, 3.8) is 0 Å². The van der Waals surface area contributed by atoms with Crippen molar-refractivity contribution in [1.29, 1.82) is 0 Å².